The minimum atomic E-state index is -3.64. The van der Waals surface area contributed by atoms with E-state index in [0.29, 0.717) is 0 Å². The van der Waals surface area contributed by atoms with Gasteiger partial charge in [0.2, 0.25) is 0 Å². The third kappa shape index (κ3) is 448. The molecule has 0 aliphatic rings. The van der Waals surface area contributed by atoms with Crippen molar-refractivity contribution in [2.45, 2.75) is 0 Å². The largest absolute Gasteiger partial charge is 0.333 e. The molecule has 3 nitrogen and oxygen atoms in total. The van der Waals surface area contributed by atoms with Crippen LogP contribution in [0.2, 0.25) is 0 Å². The first kappa shape index (κ1) is 5.21. The van der Waals surface area contributed by atoms with E-state index in [0.717, 1.165) is 7.57 Å². The van der Waals surface area contributed by atoms with Gasteiger partial charge in [0.15, 0.2) is 0 Å². The van der Waals surface area contributed by atoms with Gasteiger partial charge in [-0.3, -0.25) is 4.57 Å². The van der Waals surface area contributed by atoms with Crippen molar-refractivity contribution in [3.63, 3.8) is 0 Å². The molecular weight excluding hydrogens is 89.8 g/mol. The van der Waals surface area contributed by atoms with E-state index in [1.807, 2.05) is 0 Å². The van der Waals surface area contributed by atoms with Crippen molar-refractivity contribution >= 4 is 15.0 Å². The molecule has 0 bridgehead atoms. The molecule has 0 atom stereocenters. The summed E-state index contributed by atoms with van der Waals surface area (Å²) in [6.45, 7) is 0. The quantitative estimate of drug-likeness (QED) is 0.290. The molecule has 0 unspecified atom stereocenters. The van der Waals surface area contributed by atoms with Crippen LogP contribution in [0.4, 0.5) is 0 Å². The number of hydrogen-bond donors (Lipinski definition) is 2. The van der Waals surface area contributed by atoms with Gasteiger partial charge in [-0.25, -0.2) is 0 Å². The van der Waals surface area contributed by atoms with E-state index >= 15 is 0 Å². The third-order valence-corrected chi connectivity index (χ3v) is 0. The first-order valence-corrected chi connectivity index (χ1v) is 3.09. The normalized spacial score (nSPS) is 11.6. The van der Waals surface area contributed by atoms with Gasteiger partial charge in [-0.05, 0) is 0 Å². The summed E-state index contributed by atoms with van der Waals surface area (Å²) < 4.78 is 9.33. The zero-order valence-corrected chi connectivity index (χ0v) is 3.64. The lowest BCUT2D eigenvalue weighted by molar-refractivity contribution is 0.395. The van der Waals surface area contributed by atoms with Gasteiger partial charge in [0.1, 0.15) is 0 Å². The Morgan fingerprint density at radius 1 is 1.60 bits per heavy atom. The van der Waals surface area contributed by atoms with Gasteiger partial charge in [0, 0.05) is 0 Å². The fraction of sp³-hybridized carbons (Fsp3) is 0. The van der Waals surface area contributed by atoms with Gasteiger partial charge in [0.05, 0.1) is 0 Å². The minimum absolute atomic E-state index is 0.854. The fourth-order valence-corrected chi connectivity index (χ4v) is 0. The summed E-state index contributed by atoms with van der Waals surface area (Å²) in [5.41, 5.74) is 0. The summed E-state index contributed by atoms with van der Waals surface area (Å²) in [5.74, 6) is 0. The van der Waals surface area contributed by atoms with Gasteiger partial charge in [-0.15, -0.1) is 0 Å². The monoisotopic (exact) mass is 94.0 g/mol. The first-order chi connectivity index (χ1) is 2.00. The van der Waals surface area contributed by atoms with E-state index in [2.05, 4.69) is 0 Å². The Labute approximate surface area is 30.5 Å². The number of rotatable bonds is 0. The molecule has 0 aromatic heterocycles. The molecule has 2 N–H and O–H groups in total. The topological polar surface area (TPSA) is 57.5 Å². The van der Waals surface area contributed by atoms with Crippen LogP contribution in [0.5, 0.6) is 0 Å². The standard InChI is InChI=1S/BH4O3P/c1-5(2,3)4/h1H2,(H2,2,3,4). The Hall–Kier alpha value is 0.215. The highest BCUT2D eigenvalue weighted by molar-refractivity contribution is 7.77. The highest BCUT2D eigenvalue weighted by atomic mass is 31.2. The maximum Gasteiger partial charge on any atom is 0.265 e. The van der Waals surface area contributed by atoms with Crippen LogP contribution in [-0.2, 0) is 4.57 Å². The third-order valence-electron chi connectivity index (χ3n) is 0. The molecule has 5 heavy (non-hydrogen) atoms. The summed E-state index contributed by atoms with van der Waals surface area (Å²) in [6, 6.07) is 0. The van der Waals surface area contributed by atoms with Crippen LogP contribution in [0.15, 0.2) is 0 Å². The molecule has 0 heterocycles. The van der Waals surface area contributed by atoms with Crippen molar-refractivity contribution in [2.24, 2.45) is 0 Å². The molecule has 0 rings (SSSR count). The molecule has 0 aromatic rings. The van der Waals surface area contributed by atoms with Crippen LogP contribution in [0.3, 0.4) is 0 Å². The molecule has 0 radical (unpaired) electrons. The maximum absolute atomic E-state index is 9.33. The molecule has 0 spiro atoms. The van der Waals surface area contributed by atoms with Gasteiger partial charge < -0.3 is 9.79 Å². The SMILES string of the molecule is BP(=O)(O)O. The lowest BCUT2D eigenvalue weighted by atomic mass is 10.8. The van der Waals surface area contributed by atoms with Crippen LogP contribution in [-0.4, -0.2) is 17.4 Å². The highest BCUT2D eigenvalue weighted by Crippen LogP contribution is 2.24. The Morgan fingerprint density at radius 3 is 1.60 bits per heavy atom. The lowest BCUT2D eigenvalue weighted by Gasteiger charge is -1.85. The predicted molar refractivity (Wildman–Crippen MR) is 20.6 cm³/mol. The van der Waals surface area contributed by atoms with Crippen molar-refractivity contribution in [1.29, 1.82) is 0 Å². The average Bonchev–Trinajstić information content (AvgIpc) is 0.722. The molecule has 0 aliphatic carbocycles. The van der Waals surface area contributed by atoms with E-state index < -0.39 is 7.47 Å². The Morgan fingerprint density at radius 2 is 1.60 bits per heavy atom. The van der Waals surface area contributed by atoms with Crippen molar-refractivity contribution in [3.05, 3.63) is 0 Å². The Kier molecular flexibility index (Phi) is 1.18. The zero-order valence-electron chi connectivity index (χ0n) is 2.75. The van der Waals surface area contributed by atoms with E-state index in [9.17, 15) is 4.57 Å². The summed E-state index contributed by atoms with van der Waals surface area (Å²) in [4.78, 5) is 15.3. The molecule has 0 aromatic carbocycles. The number of hydrogen-bond acceptors (Lipinski definition) is 1. The second-order valence-electron chi connectivity index (χ2n) is 0.835. The first-order valence-electron chi connectivity index (χ1n) is 1.03. The van der Waals surface area contributed by atoms with Crippen LogP contribution >= 0.6 is 7.47 Å². The summed E-state index contributed by atoms with van der Waals surface area (Å²) in [7, 11) is -2.78. The fourth-order valence-electron chi connectivity index (χ4n) is 0. The van der Waals surface area contributed by atoms with Gasteiger partial charge in [-0.2, -0.15) is 0 Å². The second kappa shape index (κ2) is 1.13. The Balaban J connectivity index is 3.47. The average molecular weight is 93.8 g/mol. The van der Waals surface area contributed by atoms with Crippen molar-refractivity contribution in [3.8, 4) is 0 Å². The summed E-state index contributed by atoms with van der Waals surface area (Å²) in [5, 5.41) is 0. The van der Waals surface area contributed by atoms with Gasteiger partial charge in [-0.1, -0.05) is 0 Å². The molecule has 0 saturated carbocycles. The van der Waals surface area contributed by atoms with Crippen molar-refractivity contribution in [2.75, 3.05) is 0 Å². The van der Waals surface area contributed by atoms with E-state index in [4.69, 9.17) is 9.79 Å². The predicted octanol–water partition coefficient (Wildman–Crippen LogP) is -1.29. The van der Waals surface area contributed by atoms with Crippen LogP contribution in [0, 0.1) is 0 Å². The van der Waals surface area contributed by atoms with Crippen LogP contribution in [0.25, 0.3) is 0 Å². The van der Waals surface area contributed by atoms with Crippen molar-refractivity contribution in [1.82, 2.24) is 0 Å². The lowest BCUT2D eigenvalue weighted by Crippen LogP contribution is -1.67. The zero-order chi connectivity index (χ0) is 4.50. The molecule has 0 saturated heterocycles. The van der Waals surface area contributed by atoms with Crippen LogP contribution < -0.4 is 0 Å². The molecular formula is H4BO3P. The van der Waals surface area contributed by atoms with Gasteiger partial charge >= 0.3 is 0 Å². The molecule has 30 valence electrons. The Bertz CT molecular complexity index is 53.0. The summed E-state index contributed by atoms with van der Waals surface area (Å²) in [6.07, 6.45) is 0. The highest BCUT2D eigenvalue weighted by Gasteiger charge is 1.95. The van der Waals surface area contributed by atoms with E-state index in [1.165, 1.54) is 0 Å². The van der Waals surface area contributed by atoms with E-state index in [1.54, 1.807) is 0 Å². The second-order valence-corrected chi connectivity index (χ2v) is 2.51. The summed E-state index contributed by atoms with van der Waals surface area (Å²) >= 11 is 0. The minimum Gasteiger partial charge on any atom is -0.333 e. The smallest absolute Gasteiger partial charge is 0.265 e. The van der Waals surface area contributed by atoms with Crippen molar-refractivity contribution < 1.29 is 14.4 Å². The molecule has 0 fully saturated rings. The molecule has 0 amide bonds. The van der Waals surface area contributed by atoms with Crippen LogP contribution in [0.1, 0.15) is 0 Å². The molecule has 0 aliphatic heterocycles. The maximum atomic E-state index is 9.33. The van der Waals surface area contributed by atoms with E-state index in [-0.39, 0.29) is 0 Å². The van der Waals surface area contributed by atoms with Gasteiger partial charge in [0.25, 0.3) is 15.0 Å². The molecule has 5 heteroatoms.